The molecule has 2 heteroatoms. The van der Waals surface area contributed by atoms with Crippen molar-refractivity contribution in [1.82, 2.24) is 5.32 Å². The molecular formula is C15H31NO. The van der Waals surface area contributed by atoms with E-state index in [2.05, 4.69) is 26.1 Å². The van der Waals surface area contributed by atoms with E-state index < -0.39 is 0 Å². The van der Waals surface area contributed by atoms with Gasteiger partial charge in [0.15, 0.2) is 0 Å². The second-order valence-electron chi connectivity index (χ2n) is 5.41. The monoisotopic (exact) mass is 241 g/mol. The van der Waals surface area contributed by atoms with Gasteiger partial charge in [-0.05, 0) is 44.6 Å². The Morgan fingerprint density at radius 1 is 1.12 bits per heavy atom. The van der Waals surface area contributed by atoms with Gasteiger partial charge in [0.1, 0.15) is 0 Å². The van der Waals surface area contributed by atoms with E-state index in [9.17, 15) is 0 Å². The number of hydrogen-bond acceptors (Lipinski definition) is 2. The van der Waals surface area contributed by atoms with Gasteiger partial charge in [0.25, 0.3) is 0 Å². The lowest BCUT2D eigenvalue weighted by Crippen LogP contribution is -2.42. The van der Waals surface area contributed by atoms with Crippen molar-refractivity contribution in [2.45, 2.75) is 65.3 Å². The van der Waals surface area contributed by atoms with Crippen LogP contribution < -0.4 is 5.32 Å². The summed E-state index contributed by atoms with van der Waals surface area (Å²) in [5.74, 6) is 1.83. The van der Waals surface area contributed by atoms with Gasteiger partial charge in [0, 0.05) is 12.6 Å². The molecule has 2 nitrogen and oxygen atoms in total. The third kappa shape index (κ3) is 5.39. The minimum absolute atomic E-state index is 0.590. The average molecular weight is 241 g/mol. The van der Waals surface area contributed by atoms with Crippen molar-refractivity contribution in [1.29, 1.82) is 0 Å². The highest BCUT2D eigenvalue weighted by Crippen LogP contribution is 2.32. The van der Waals surface area contributed by atoms with Crippen LogP contribution in [0.4, 0.5) is 0 Å². The van der Waals surface area contributed by atoms with Gasteiger partial charge < -0.3 is 10.1 Å². The van der Waals surface area contributed by atoms with Gasteiger partial charge >= 0.3 is 0 Å². The standard InChI is InChI=1S/C15H31NO/c1-4-11-16-15(12-17-6-3)14-9-7-13(5-2)8-10-14/h13-16H,4-12H2,1-3H3. The molecule has 0 aromatic heterocycles. The molecule has 0 radical (unpaired) electrons. The van der Waals surface area contributed by atoms with E-state index in [1.165, 1.54) is 38.5 Å². The van der Waals surface area contributed by atoms with Crippen LogP contribution >= 0.6 is 0 Å². The summed E-state index contributed by atoms with van der Waals surface area (Å²) in [5, 5.41) is 3.68. The molecule has 1 fully saturated rings. The van der Waals surface area contributed by atoms with Crippen molar-refractivity contribution < 1.29 is 4.74 Å². The Kier molecular flexibility index (Phi) is 7.87. The third-order valence-corrected chi connectivity index (χ3v) is 4.20. The zero-order valence-corrected chi connectivity index (χ0v) is 12.0. The summed E-state index contributed by atoms with van der Waals surface area (Å²) in [6, 6.07) is 0.590. The Morgan fingerprint density at radius 3 is 2.35 bits per heavy atom. The zero-order chi connectivity index (χ0) is 12.5. The van der Waals surface area contributed by atoms with Crippen molar-refractivity contribution >= 4 is 0 Å². The molecule has 1 aliphatic carbocycles. The van der Waals surface area contributed by atoms with Gasteiger partial charge in [0.2, 0.25) is 0 Å². The Balaban J connectivity index is 2.34. The van der Waals surface area contributed by atoms with Crippen LogP contribution in [0, 0.1) is 11.8 Å². The normalized spacial score (nSPS) is 27.0. The maximum absolute atomic E-state index is 5.64. The maximum Gasteiger partial charge on any atom is 0.0622 e. The highest BCUT2D eigenvalue weighted by atomic mass is 16.5. The van der Waals surface area contributed by atoms with Gasteiger partial charge in [-0.25, -0.2) is 0 Å². The molecule has 1 saturated carbocycles. The maximum atomic E-state index is 5.64. The third-order valence-electron chi connectivity index (χ3n) is 4.20. The van der Waals surface area contributed by atoms with Crippen molar-refractivity contribution in [3.63, 3.8) is 0 Å². The zero-order valence-electron chi connectivity index (χ0n) is 12.0. The van der Waals surface area contributed by atoms with Gasteiger partial charge in [-0.2, -0.15) is 0 Å². The molecule has 17 heavy (non-hydrogen) atoms. The van der Waals surface area contributed by atoms with Crippen LogP contribution in [-0.4, -0.2) is 25.8 Å². The second-order valence-corrected chi connectivity index (χ2v) is 5.41. The van der Waals surface area contributed by atoms with E-state index in [0.717, 1.165) is 31.6 Å². The topological polar surface area (TPSA) is 21.3 Å². The molecule has 0 heterocycles. The minimum atomic E-state index is 0.590. The van der Waals surface area contributed by atoms with Crippen LogP contribution in [-0.2, 0) is 4.74 Å². The van der Waals surface area contributed by atoms with Crippen LogP contribution in [0.2, 0.25) is 0 Å². The van der Waals surface area contributed by atoms with Crippen molar-refractivity contribution in [2.75, 3.05) is 19.8 Å². The summed E-state index contributed by atoms with van der Waals surface area (Å²) in [4.78, 5) is 0. The highest BCUT2D eigenvalue weighted by molar-refractivity contribution is 4.81. The number of nitrogens with one attached hydrogen (secondary N) is 1. The van der Waals surface area contributed by atoms with E-state index in [4.69, 9.17) is 4.74 Å². The molecule has 0 aliphatic heterocycles. The van der Waals surface area contributed by atoms with Crippen molar-refractivity contribution in [3.8, 4) is 0 Å². The molecule has 1 N–H and O–H groups in total. The summed E-state index contributed by atoms with van der Waals surface area (Å²) in [6.07, 6.45) is 8.23. The Labute approximate surface area is 108 Å². The van der Waals surface area contributed by atoms with Crippen molar-refractivity contribution in [2.24, 2.45) is 11.8 Å². The van der Waals surface area contributed by atoms with Gasteiger partial charge in [-0.3, -0.25) is 0 Å². The SMILES string of the molecule is CCCNC(COCC)C1CCC(CC)CC1. The van der Waals surface area contributed by atoms with Crippen LogP contribution in [0.25, 0.3) is 0 Å². The van der Waals surface area contributed by atoms with Gasteiger partial charge in [0.05, 0.1) is 6.61 Å². The van der Waals surface area contributed by atoms with Crippen LogP contribution in [0.1, 0.15) is 59.3 Å². The molecule has 0 amide bonds. The predicted molar refractivity (Wildman–Crippen MR) is 74.3 cm³/mol. The molecule has 102 valence electrons. The van der Waals surface area contributed by atoms with Crippen LogP contribution in [0.5, 0.6) is 0 Å². The molecule has 1 atom stereocenters. The average Bonchev–Trinajstić information content (AvgIpc) is 2.39. The summed E-state index contributed by atoms with van der Waals surface area (Å²) in [5.41, 5.74) is 0. The lowest BCUT2D eigenvalue weighted by atomic mass is 9.77. The first kappa shape index (κ1) is 15.0. The summed E-state index contributed by atoms with van der Waals surface area (Å²) < 4.78 is 5.64. The first-order valence-electron chi connectivity index (χ1n) is 7.62. The predicted octanol–water partition coefficient (Wildman–Crippen LogP) is 3.61. The van der Waals surface area contributed by atoms with Gasteiger partial charge in [-0.15, -0.1) is 0 Å². The second kappa shape index (κ2) is 8.93. The molecule has 1 aliphatic rings. The van der Waals surface area contributed by atoms with Crippen LogP contribution in [0.3, 0.4) is 0 Å². The first-order chi connectivity index (χ1) is 8.31. The molecule has 0 aromatic carbocycles. The molecule has 0 aromatic rings. The lowest BCUT2D eigenvalue weighted by molar-refractivity contribution is 0.0873. The fraction of sp³-hybridized carbons (Fsp3) is 1.00. The summed E-state index contributed by atoms with van der Waals surface area (Å²) in [7, 11) is 0. The van der Waals surface area contributed by atoms with E-state index in [1.807, 2.05) is 0 Å². The number of ether oxygens (including phenoxy) is 1. The number of rotatable bonds is 8. The quantitative estimate of drug-likeness (QED) is 0.701. The van der Waals surface area contributed by atoms with Crippen LogP contribution in [0.15, 0.2) is 0 Å². The highest BCUT2D eigenvalue weighted by Gasteiger charge is 2.26. The summed E-state index contributed by atoms with van der Waals surface area (Å²) in [6.45, 7) is 9.53. The number of hydrogen-bond donors (Lipinski definition) is 1. The van der Waals surface area contributed by atoms with Crippen molar-refractivity contribution in [3.05, 3.63) is 0 Å². The lowest BCUT2D eigenvalue weighted by Gasteiger charge is -2.34. The molecule has 1 rings (SSSR count). The Morgan fingerprint density at radius 2 is 1.82 bits per heavy atom. The Bertz CT molecular complexity index is 168. The Hall–Kier alpha value is -0.0800. The van der Waals surface area contributed by atoms with Gasteiger partial charge in [-0.1, -0.05) is 33.1 Å². The molecule has 0 saturated heterocycles. The molecule has 0 spiro atoms. The molecular weight excluding hydrogens is 210 g/mol. The van der Waals surface area contributed by atoms with E-state index in [1.54, 1.807) is 0 Å². The fourth-order valence-electron chi connectivity index (χ4n) is 2.94. The fourth-order valence-corrected chi connectivity index (χ4v) is 2.94. The molecule has 1 unspecified atom stereocenters. The molecule has 0 bridgehead atoms. The minimum Gasteiger partial charge on any atom is -0.380 e. The first-order valence-corrected chi connectivity index (χ1v) is 7.62. The smallest absolute Gasteiger partial charge is 0.0622 e. The largest absolute Gasteiger partial charge is 0.380 e. The summed E-state index contributed by atoms with van der Waals surface area (Å²) >= 11 is 0. The van der Waals surface area contributed by atoms with E-state index >= 15 is 0 Å². The van der Waals surface area contributed by atoms with E-state index in [0.29, 0.717) is 6.04 Å². The van der Waals surface area contributed by atoms with E-state index in [-0.39, 0.29) is 0 Å².